The van der Waals surface area contributed by atoms with Gasteiger partial charge < -0.3 is 5.11 Å². The van der Waals surface area contributed by atoms with Crippen molar-refractivity contribution in [2.45, 2.75) is 19.8 Å². The fourth-order valence-electron chi connectivity index (χ4n) is 1.77. The van der Waals surface area contributed by atoms with Crippen molar-refractivity contribution in [1.82, 2.24) is 9.97 Å². The van der Waals surface area contributed by atoms with Gasteiger partial charge in [-0.1, -0.05) is 12.1 Å². The summed E-state index contributed by atoms with van der Waals surface area (Å²) in [6.07, 6.45) is 0.193. The molecule has 0 radical (unpaired) electrons. The second-order valence-corrected chi connectivity index (χ2v) is 4.18. The molecule has 98 valence electrons. The lowest BCUT2D eigenvalue weighted by Crippen LogP contribution is -2.04. The molecule has 0 unspecified atom stereocenters. The highest BCUT2D eigenvalue weighted by molar-refractivity contribution is 5.67. The van der Waals surface area contributed by atoms with Crippen molar-refractivity contribution in [3.05, 3.63) is 47.7 Å². The molecule has 0 fully saturated rings. The minimum atomic E-state index is -0.905. The van der Waals surface area contributed by atoms with Gasteiger partial charge in [0.25, 0.3) is 0 Å². The van der Waals surface area contributed by atoms with Gasteiger partial charge in [-0.25, -0.2) is 14.4 Å². The summed E-state index contributed by atoms with van der Waals surface area (Å²) in [7, 11) is 0. The molecule has 1 heterocycles. The lowest BCUT2D eigenvalue weighted by molar-refractivity contribution is -0.137. The van der Waals surface area contributed by atoms with Crippen molar-refractivity contribution in [2.24, 2.45) is 0 Å². The number of carboxylic acid groups (broad SMARTS) is 1. The Morgan fingerprint density at radius 1 is 1.32 bits per heavy atom. The zero-order valence-corrected chi connectivity index (χ0v) is 10.4. The van der Waals surface area contributed by atoms with E-state index in [2.05, 4.69) is 9.97 Å². The standard InChI is InChI=1S/C14H13FN2O2/c1-9-8-12(10-4-2-3-5-11(10)15)17-13(16-9)6-7-14(18)19/h2-5,8H,6-7H2,1H3,(H,18,19). The maximum Gasteiger partial charge on any atom is 0.303 e. The second-order valence-electron chi connectivity index (χ2n) is 4.18. The lowest BCUT2D eigenvalue weighted by atomic mass is 10.1. The highest BCUT2D eigenvalue weighted by Crippen LogP contribution is 2.21. The molecular formula is C14H13FN2O2. The van der Waals surface area contributed by atoms with E-state index in [1.54, 1.807) is 31.2 Å². The quantitative estimate of drug-likeness (QED) is 0.917. The minimum Gasteiger partial charge on any atom is -0.481 e. The molecule has 0 spiro atoms. The Labute approximate surface area is 110 Å². The summed E-state index contributed by atoms with van der Waals surface area (Å²) in [6, 6.07) is 8.02. The number of hydrogen-bond donors (Lipinski definition) is 1. The van der Waals surface area contributed by atoms with Crippen molar-refractivity contribution in [1.29, 1.82) is 0 Å². The fraction of sp³-hybridized carbons (Fsp3) is 0.214. The molecule has 0 aliphatic carbocycles. The minimum absolute atomic E-state index is 0.0415. The Hall–Kier alpha value is -2.30. The second kappa shape index (κ2) is 5.56. The van der Waals surface area contributed by atoms with Gasteiger partial charge in [-0.2, -0.15) is 0 Å². The third kappa shape index (κ3) is 3.34. The van der Waals surface area contributed by atoms with Crippen LogP contribution in [0.4, 0.5) is 4.39 Å². The molecule has 2 rings (SSSR count). The molecule has 0 saturated heterocycles. The average molecular weight is 260 g/mol. The smallest absolute Gasteiger partial charge is 0.303 e. The monoisotopic (exact) mass is 260 g/mol. The maximum absolute atomic E-state index is 13.7. The van der Waals surface area contributed by atoms with Crippen LogP contribution < -0.4 is 0 Å². The SMILES string of the molecule is Cc1cc(-c2ccccc2F)nc(CCC(=O)O)n1. The Kier molecular flexibility index (Phi) is 3.85. The summed E-state index contributed by atoms with van der Waals surface area (Å²) in [5, 5.41) is 8.66. The van der Waals surface area contributed by atoms with Gasteiger partial charge in [0.15, 0.2) is 0 Å². The highest BCUT2D eigenvalue weighted by atomic mass is 19.1. The van der Waals surface area contributed by atoms with Crippen LogP contribution in [0.15, 0.2) is 30.3 Å². The van der Waals surface area contributed by atoms with Crippen molar-refractivity contribution >= 4 is 5.97 Å². The Bertz CT molecular complexity index is 614. The van der Waals surface area contributed by atoms with E-state index in [-0.39, 0.29) is 18.7 Å². The first-order valence-corrected chi connectivity index (χ1v) is 5.87. The summed E-state index contributed by atoms with van der Waals surface area (Å²) in [6.45, 7) is 1.77. The molecule has 5 heteroatoms. The van der Waals surface area contributed by atoms with E-state index in [0.29, 0.717) is 22.8 Å². The normalized spacial score (nSPS) is 10.4. The van der Waals surface area contributed by atoms with Crippen molar-refractivity contribution < 1.29 is 14.3 Å². The highest BCUT2D eigenvalue weighted by Gasteiger charge is 2.09. The molecule has 1 N–H and O–H groups in total. The lowest BCUT2D eigenvalue weighted by Gasteiger charge is -2.06. The molecule has 0 saturated carbocycles. The van der Waals surface area contributed by atoms with E-state index in [1.807, 2.05) is 0 Å². The average Bonchev–Trinajstić information content (AvgIpc) is 2.36. The van der Waals surface area contributed by atoms with Gasteiger partial charge in [0.05, 0.1) is 12.1 Å². The van der Waals surface area contributed by atoms with E-state index in [0.717, 1.165) is 0 Å². The van der Waals surface area contributed by atoms with Crippen LogP contribution in [0.1, 0.15) is 17.9 Å². The van der Waals surface area contributed by atoms with E-state index < -0.39 is 5.97 Å². The maximum atomic E-state index is 13.7. The molecule has 0 atom stereocenters. The molecule has 0 amide bonds. The zero-order chi connectivity index (χ0) is 13.8. The molecule has 0 aliphatic heterocycles. The molecule has 2 aromatic rings. The van der Waals surface area contributed by atoms with Crippen molar-refractivity contribution in [3.8, 4) is 11.3 Å². The van der Waals surface area contributed by atoms with Gasteiger partial charge >= 0.3 is 5.97 Å². The predicted molar refractivity (Wildman–Crippen MR) is 68.1 cm³/mol. The molecule has 1 aromatic carbocycles. The van der Waals surface area contributed by atoms with Crippen LogP contribution in [-0.2, 0) is 11.2 Å². The largest absolute Gasteiger partial charge is 0.481 e. The number of carbonyl (C=O) groups is 1. The first kappa shape index (κ1) is 13.1. The molecule has 1 aromatic heterocycles. The van der Waals surface area contributed by atoms with Gasteiger partial charge in [0.1, 0.15) is 11.6 Å². The van der Waals surface area contributed by atoms with E-state index in [4.69, 9.17) is 5.11 Å². The Morgan fingerprint density at radius 2 is 2.05 bits per heavy atom. The summed E-state index contributed by atoms with van der Waals surface area (Å²) in [5.74, 6) is -0.844. The predicted octanol–water partition coefficient (Wildman–Crippen LogP) is 2.61. The third-order valence-corrected chi connectivity index (χ3v) is 2.61. The van der Waals surface area contributed by atoms with Gasteiger partial charge in [0, 0.05) is 17.7 Å². The molecule has 0 bridgehead atoms. The topological polar surface area (TPSA) is 63.1 Å². The van der Waals surface area contributed by atoms with Crippen LogP contribution in [0, 0.1) is 12.7 Å². The van der Waals surface area contributed by atoms with Crippen molar-refractivity contribution in [2.75, 3.05) is 0 Å². The summed E-state index contributed by atoms with van der Waals surface area (Å²) < 4.78 is 13.7. The Balaban J connectivity index is 2.36. The number of nitrogens with zero attached hydrogens (tertiary/aromatic N) is 2. The first-order valence-electron chi connectivity index (χ1n) is 5.87. The van der Waals surface area contributed by atoms with Crippen LogP contribution in [0.3, 0.4) is 0 Å². The number of benzene rings is 1. The molecule has 4 nitrogen and oxygen atoms in total. The number of aromatic nitrogens is 2. The fourth-order valence-corrected chi connectivity index (χ4v) is 1.77. The number of hydrogen-bond acceptors (Lipinski definition) is 3. The summed E-state index contributed by atoms with van der Waals surface area (Å²) in [5.41, 5.74) is 1.56. The number of carboxylic acids is 1. The van der Waals surface area contributed by atoms with Gasteiger partial charge in [0.2, 0.25) is 0 Å². The third-order valence-electron chi connectivity index (χ3n) is 2.61. The van der Waals surface area contributed by atoms with Crippen molar-refractivity contribution in [3.63, 3.8) is 0 Å². The zero-order valence-electron chi connectivity index (χ0n) is 10.4. The summed E-state index contributed by atoms with van der Waals surface area (Å²) >= 11 is 0. The summed E-state index contributed by atoms with van der Waals surface area (Å²) in [4.78, 5) is 18.9. The number of aliphatic carboxylic acids is 1. The van der Waals surface area contributed by atoms with E-state index in [1.165, 1.54) is 6.07 Å². The van der Waals surface area contributed by atoms with Crippen LogP contribution >= 0.6 is 0 Å². The number of rotatable bonds is 4. The van der Waals surface area contributed by atoms with Crippen LogP contribution in [0.25, 0.3) is 11.3 Å². The first-order chi connectivity index (χ1) is 9.06. The molecule has 19 heavy (non-hydrogen) atoms. The van der Waals surface area contributed by atoms with Gasteiger partial charge in [-0.05, 0) is 25.1 Å². The van der Waals surface area contributed by atoms with Gasteiger partial charge in [-0.15, -0.1) is 0 Å². The van der Waals surface area contributed by atoms with Crippen LogP contribution in [-0.4, -0.2) is 21.0 Å². The van der Waals surface area contributed by atoms with E-state index in [9.17, 15) is 9.18 Å². The Morgan fingerprint density at radius 3 is 2.74 bits per heavy atom. The van der Waals surface area contributed by atoms with Crippen LogP contribution in [0.2, 0.25) is 0 Å². The molecule has 0 aliphatic rings. The van der Waals surface area contributed by atoms with E-state index >= 15 is 0 Å². The van der Waals surface area contributed by atoms with Gasteiger partial charge in [-0.3, -0.25) is 4.79 Å². The van der Waals surface area contributed by atoms with Crippen LogP contribution in [0.5, 0.6) is 0 Å². The number of aryl methyl sites for hydroxylation is 2. The molecular weight excluding hydrogens is 247 g/mol. The number of halogens is 1.